The number of hydrogen-bond acceptors (Lipinski definition) is 4. The molecule has 2 rings (SSSR count). The van der Waals surface area contributed by atoms with Crippen molar-refractivity contribution in [3.05, 3.63) is 16.3 Å². The minimum Gasteiger partial charge on any atom is -0.496 e. The van der Waals surface area contributed by atoms with Gasteiger partial charge in [-0.2, -0.15) is 0 Å². The molecule has 0 radical (unpaired) electrons. The van der Waals surface area contributed by atoms with E-state index in [2.05, 4.69) is 0 Å². The molecule has 1 aromatic heterocycles. The number of aliphatic carboxylic acids is 1. The van der Waals surface area contributed by atoms with Gasteiger partial charge in [0.05, 0.1) is 17.9 Å². The Kier molecular flexibility index (Phi) is 4.09. The molecule has 2 atom stereocenters. The van der Waals surface area contributed by atoms with Gasteiger partial charge in [-0.05, 0) is 19.8 Å². The van der Waals surface area contributed by atoms with E-state index in [0.29, 0.717) is 23.6 Å². The molecule has 0 spiro atoms. The highest BCUT2D eigenvalue weighted by molar-refractivity contribution is 7.12. The van der Waals surface area contributed by atoms with E-state index in [4.69, 9.17) is 9.84 Å². The lowest BCUT2D eigenvalue weighted by atomic mass is 9.90. The molecule has 0 saturated carbocycles. The monoisotopic (exact) mass is 283 g/mol. The van der Waals surface area contributed by atoms with Gasteiger partial charge in [-0.1, -0.05) is 0 Å². The summed E-state index contributed by atoms with van der Waals surface area (Å²) in [6, 6.07) is 1.43. The van der Waals surface area contributed by atoms with Crippen LogP contribution in [0, 0.1) is 5.92 Å². The number of carbonyl (C=O) groups excluding carboxylic acids is 1. The van der Waals surface area contributed by atoms with Gasteiger partial charge in [-0.25, -0.2) is 0 Å². The Hall–Kier alpha value is -1.56. The largest absolute Gasteiger partial charge is 0.496 e. The van der Waals surface area contributed by atoms with E-state index in [1.807, 2.05) is 0 Å². The van der Waals surface area contributed by atoms with E-state index in [1.165, 1.54) is 11.3 Å². The number of methoxy groups -OCH3 is 1. The minimum atomic E-state index is -0.825. The van der Waals surface area contributed by atoms with Crippen LogP contribution in [0.3, 0.4) is 0 Å². The summed E-state index contributed by atoms with van der Waals surface area (Å²) in [7, 11) is 1.56. The molecule has 1 aromatic rings. The zero-order chi connectivity index (χ0) is 14.0. The van der Waals surface area contributed by atoms with Crippen molar-refractivity contribution in [3.8, 4) is 5.75 Å². The highest BCUT2D eigenvalue weighted by Crippen LogP contribution is 2.28. The van der Waals surface area contributed by atoms with Crippen LogP contribution in [0.2, 0.25) is 0 Å². The number of piperidine rings is 1. The summed E-state index contributed by atoms with van der Waals surface area (Å²) in [5, 5.41) is 10.9. The van der Waals surface area contributed by atoms with E-state index in [-0.39, 0.29) is 11.9 Å². The third-order valence-electron chi connectivity index (χ3n) is 3.59. The summed E-state index contributed by atoms with van der Waals surface area (Å²) in [4.78, 5) is 25.8. The molecule has 104 valence electrons. The number of likely N-dealkylation sites (tertiary alicyclic amines) is 1. The highest BCUT2D eigenvalue weighted by Gasteiger charge is 2.35. The van der Waals surface area contributed by atoms with Gasteiger partial charge in [0.2, 0.25) is 0 Å². The number of ether oxygens (including phenoxy) is 1. The zero-order valence-corrected chi connectivity index (χ0v) is 11.8. The fourth-order valence-electron chi connectivity index (χ4n) is 2.44. The Balaban J connectivity index is 2.16. The molecule has 1 aliphatic heterocycles. The molecule has 19 heavy (non-hydrogen) atoms. The maximum Gasteiger partial charge on any atom is 0.308 e. The van der Waals surface area contributed by atoms with E-state index in [9.17, 15) is 9.59 Å². The van der Waals surface area contributed by atoms with E-state index >= 15 is 0 Å². The van der Waals surface area contributed by atoms with Gasteiger partial charge in [0.25, 0.3) is 5.91 Å². The van der Waals surface area contributed by atoms with Crippen LogP contribution in [-0.4, -0.2) is 41.6 Å². The van der Waals surface area contributed by atoms with Crippen molar-refractivity contribution in [3.63, 3.8) is 0 Å². The van der Waals surface area contributed by atoms with Crippen LogP contribution in [0.15, 0.2) is 11.4 Å². The molecule has 5 nitrogen and oxygen atoms in total. The first-order valence-electron chi connectivity index (χ1n) is 6.21. The summed E-state index contributed by atoms with van der Waals surface area (Å²) in [5.41, 5.74) is 0. The molecule has 0 unspecified atom stereocenters. The van der Waals surface area contributed by atoms with Crippen molar-refractivity contribution >= 4 is 23.2 Å². The van der Waals surface area contributed by atoms with Crippen molar-refractivity contribution < 1.29 is 19.4 Å². The average Bonchev–Trinajstić information content (AvgIpc) is 2.86. The summed E-state index contributed by atoms with van der Waals surface area (Å²) in [6.07, 6.45) is 1.36. The van der Waals surface area contributed by atoms with E-state index in [1.54, 1.807) is 30.4 Å². The van der Waals surface area contributed by atoms with Crippen LogP contribution in [0.1, 0.15) is 29.4 Å². The summed E-state index contributed by atoms with van der Waals surface area (Å²) in [6.45, 7) is 2.42. The smallest absolute Gasteiger partial charge is 0.308 e. The molecule has 1 fully saturated rings. The van der Waals surface area contributed by atoms with Crippen molar-refractivity contribution in [2.75, 3.05) is 13.7 Å². The summed E-state index contributed by atoms with van der Waals surface area (Å²) < 4.78 is 5.06. The van der Waals surface area contributed by atoms with E-state index in [0.717, 1.165) is 6.42 Å². The molecule has 6 heteroatoms. The Bertz CT molecular complexity index is 485. The quantitative estimate of drug-likeness (QED) is 0.922. The molecule has 0 aromatic carbocycles. The van der Waals surface area contributed by atoms with Gasteiger partial charge in [0, 0.05) is 24.0 Å². The fourth-order valence-corrected chi connectivity index (χ4v) is 3.25. The van der Waals surface area contributed by atoms with Gasteiger partial charge >= 0.3 is 5.97 Å². The standard InChI is InChI=1S/C13H17NO4S/c1-8-10(13(16)17)4-3-5-14(8)12(15)11-6-9(18-2)7-19-11/h6-8,10H,3-5H2,1-2H3,(H,16,17)/t8-,10-/m0/s1. The molecule has 0 aliphatic carbocycles. The summed E-state index contributed by atoms with van der Waals surface area (Å²) in [5.74, 6) is -0.743. The number of nitrogens with zero attached hydrogens (tertiary/aromatic N) is 1. The van der Waals surface area contributed by atoms with Crippen molar-refractivity contribution in [1.29, 1.82) is 0 Å². The van der Waals surface area contributed by atoms with Crippen LogP contribution in [0.25, 0.3) is 0 Å². The van der Waals surface area contributed by atoms with Gasteiger partial charge in [-0.3, -0.25) is 9.59 Å². The second-order valence-corrected chi connectivity index (χ2v) is 5.59. The molecule has 1 aliphatic rings. The summed E-state index contributed by atoms with van der Waals surface area (Å²) >= 11 is 1.32. The Morgan fingerprint density at radius 2 is 2.26 bits per heavy atom. The van der Waals surface area contributed by atoms with E-state index < -0.39 is 11.9 Å². The predicted molar refractivity (Wildman–Crippen MR) is 71.7 cm³/mol. The molecule has 0 bridgehead atoms. The number of carboxylic acid groups (broad SMARTS) is 1. The van der Waals surface area contributed by atoms with Crippen molar-refractivity contribution in [1.82, 2.24) is 4.90 Å². The second-order valence-electron chi connectivity index (χ2n) is 4.68. The maximum absolute atomic E-state index is 12.4. The van der Waals surface area contributed by atoms with Gasteiger partial charge in [0.1, 0.15) is 5.75 Å². The topological polar surface area (TPSA) is 66.8 Å². The number of thiophene rings is 1. The highest BCUT2D eigenvalue weighted by atomic mass is 32.1. The SMILES string of the molecule is COc1csc(C(=O)N2CCC[C@H](C(=O)O)[C@@H]2C)c1. The van der Waals surface area contributed by atoms with Crippen LogP contribution < -0.4 is 4.74 Å². The Morgan fingerprint density at radius 1 is 1.53 bits per heavy atom. The number of rotatable bonds is 3. The van der Waals surface area contributed by atoms with Crippen molar-refractivity contribution in [2.45, 2.75) is 25.8 Å². The molecule has 1 N–H and O–H groups in total. The average molecular weight is 283 g/mol. The van der Waals surface area contributed by atoms with Crippen LogP contribution in [0.5, 0.6) is 5.75 Å². The van der Waals surface area contributed by atoms with Gasteiger partial charge < -0.3 is 14.7 Å². The molecule has 2 heterocycles. The lowest BCUT2D eigenvalue weighted by molar-refractivity contribution is -0.144. The molecular formula is C13H17NO4S. The minimum absolute atomic E-state index is 0.105. The molecule has 1 saturated heterocycles. The lowest BCUT2D eigenvalue weighted by Gasteiger charge is -2.37. The van der Waals surface area contributed by atoms with Gasteiger partial charge in [-0.15, -0.1) is 11.3 Å². The third-order valence-corrected chi connectivity index (χ3v) is 4.48. The second kappa shape index (κ2) is 5.61. The first-order chi connectivity index (χ1) is 9.04. The van der Waals surface area contributed by atoms with Crippen molar-refractivity contribution in [2.24, 2.45) is 5.92 Å². The normalized spacial score (nSPS) is 23.2. The Morgan fingerprint density at radius 3 is 2.84 bits per heavy atom. The number of amides is 1. The third kappa shape index (κ3) is 2.73. The number of hydrogen-bond donors (Lipinski definition) is 1. The maximum atomic E-state index is 12.4. The fraction of sp³-hybridized carbons (Fsp3) is 0.538. The molecular weight excluding hydrogens is 266 g/mol. The Labute approximate surface area is 115 Å². The van der Waals surface area contributed by atoms with Crippen LogP contribution >= 0.6 is 11.3 Å². The number of carboxylic acids is 1. The zero-order valence-electron chi connectivity index (χ0n) is 11.0. The first kappa shape index (κ1) is 13.9. The number of carbonyl (C=O) groups is 2. The van der Waals surface area contributed by atoms with Gasteiger partial charge in [0.15, 0.2) is 0 Å². The van der Waals surface area contributed by atoms with Crippen LogP contribution in [-0.2, 0) is 4.79 Å². The predicted octanol–water partition coefficient (Wildman–Crippen LogP) is 2.08. The molecule has 1 amide bonds. The lowest BCUT2D eigenvalue weighted by Crippen LogP contribution is -2.48. The first-order valence-corrected chi connectivity index (χ1v) is 7.09. The van der Waals surface area contributed by atoms with Crippen LogP contribution in [0.4, 0.5) is 0 Å².